The summed E-state index contributed by atoms with van der Waals surface area (Å²) < 4.78 is 4.64. The van der Waals surface area contributed by atoms with E-state index in [-0.39, 0.29) is 0 Å². The van der Waals surface area contributed by atoms with Crippen molar-refractivity contribution in [2.24, 2.45) is 0 Å². The van der Waals surface area contributed by atoms with Gasteiger partial charge < -0.3 is 16.8 Å². The third-order valence-electron chi connectivity index (χ3n) is 2.74. The van der Waals surface area contributed by atoms with Crippen LogP contribution in [0.4, 0.5) is 22.7 Å². The maximum absolute atomic E-state index is 6.00. The van der Waals surface area contributed by atoms with Gasteiger partial charge in [-0.15, -0.1) is 0 Å². The van der Waals surface area contributed by atoms with Gasteiger partial charge in [-0.05, 0) is 40.6 Å². The largest absolute Gasteiger partial charge is 0.397 e. The summed E-state index contributed by atoms with van der Waals surface area (Å²) >= 11 is 5.87. The smallest absolute Gasteiger partial charge is 0.160 e. The van der Waals surface area contributed by atoms with E-state index in [0.717, 1.165) is 5.69 Å². The number of benzene rings is 2. The van der Waals surface area contributed by atoms with Crippen LogP contribution in [-0.4, -0.2) is 10.3 Å². The molecule has 5 N–H and O–H groups in total. The molecule has 0 saturated carbocycles. The Hall–Kier alpha value is -2.47. The van der Waals surface area contributed by atoms with Gasteiger partial charge >= 0.3 is 0 Å². The average Bonchev–Trinajstić information content (AvgIpc) is 2.86. The molecule has 1 heterocycles. The molecule has 0 fully saturated rings. The molecule has 0 bridgehead atoms. The molecule has 3 aromatic rings. The van der Waals surface area contributed by atoms with Gasteiger partial charge in [0.05, 0.1) is 22.1 Å². The number of fused-ring (bicyclic) bond motifs is 1. The lowest BCUT2D eigenvalue weighted by Gasteiger charge is -2.10. The molecule has 0 spiro atoms. The first-order chi connectivity index (χ1) is 9.15. The Labute approximate surface area is 113 Å². The van der Waals surface area contributed by atoms with Gasteiger partial charge in [-0.3, -0.25) is 0 Å². The van der Waals surface area contributed by atoms with E-state index < -0.39 is 0 Å². The molecule has 0 aliphatic carbocycles. The number of nitrogen functional groups attached to an aromatic ring is 2. The van der Waals surface area contributed by atoms with Gasteiger partial charge in [0, 0.05) is 5.69 Å². The fourth-order valence-corrected chi connectivity index (χ4v) is 1.87. The number of anilines is 4. The quantitative estimate of drug-likeness (QED) is 0.621. The summed E-state index contributed by atoms with van der Waals surface area (Å²) in [6, 6.07) is 8.82. The topological polar surface area (TPSA) is 103 Å². The number of hydrogen-bond donors (Lipinski definition) is 3. The van der Waals surface area contributed by atoms with Crippen molar-refractivity contribution in [3.8, 4) is 0 Å². The van der Waals surface area contributed by atoms with Gasteiger partial charge in [-0.25, -0.2) is 4.63 Å². The monoisotopic (exact) mass is 275 g/mol. The van der Waals surface area contributed by atoms with Crippen LogP contribution >= 0.6 is 11.6 Å². The van der Waals surface area contributed by atoms with Crippen LogP contribution in [-0.2, 0) is 0 Å². The van der Waals surface area contributed by atoms with Crippen LogP contribution in [0.1, 0.15) is 0 Å². The van der Waals surface area contributed by atoms with E-state index in [1.54, 1.807) is 24.3 Å². The lowest BCUT2D eigenvalue weighted by molar-refractivity contribution is 0.315. The molecule has 96 valence electrons. The number of aromatic nitrogens is 2. The molecule has 0 unspecified atom stereocenters. The predicted octanol–water partition coefficient (Wildman–Crippen LogP) is 2.78. The highest BCUT2D eigenvalue weighted by Gasteiger charge is 2.09. The predicted molar refractivity (Wildman–Crippen MR) is 75.4 cm³/mol. The van der Waals surface area contributed by atoms with E-state index in [4.69, 9.17) is 23.1 Å². The summed E-state index contributed by atoms with van der Waals surface area (Å²) in [6.07, 6.45) is 0. The maximum atomic E-state index is 6.00. The molecule has 7 heteroatoms. The molecule has 0 aliphatic heterocycles. The zero-order chi connectivity index (χ0) is 13.4. The van der Waals surface area contributed by atoms with Gasteiger partial charge in [-0.2, -0.15) is 0 Å². The molecule has 0 atom stereocenters. The number of nitrogens with zero attached hydrogens (tertiary/aromatic N) is 2. The molecule has 1 aromatic heterocycles. The third-order valence-corrected chi connectivity index (χ3v) is 3.09. The van der Waals surface area contributed by atoms with Crippen molar-refractivity contribution >= 4 is 45.4 Å². The first kappa shape index (κ1) is 11.6. The molecule has 0 amide bonds. The Morgan fingerprint density at radius 1 is 1.11 bits per heavy atom. The molecular formula is C12H10ClN5O. The normalized spacial score (nSPS) is 10.8. The molecule has 0 radical (unpaired) electrons. The van der Waals surface area contributed by atoms with Crippen molar-refractivity contribution in [2.45, 2.75) is 0 Å². The molecular weight excluding hydrogens is 266 g/mol. The lowest BCUT2D eigenvalue weighted by Crippen LogP contribution is -1.98. The third kappa shape index (κ3) is 2.02. The van der Waals surface area contributed by atoms with E-state index >= 15 is 0 Å². The van der Waals surface area contributed by atoms with Gasteiger partial charge in [-0.1, -0.05) is 11.6 Å². The SMILES string of the molecule is Nc1cc(Nc2ccc3nonc3c2N)ccc1Cl. The van der Waals surface area contributed by atoms with E-state index in [2.05, 4.69) is 20.3 Å². The summed E-state index contributed by atoms with van der Waals surface area (Å²) in [5, 5.41) is 11.1. The van der Waals surface area contributed by atoms with Crippen LogP contribution in [0.5, 0.6) is 0 Å². The Balaban J connectivity index is 2.00. The second kappa shape index (κ2) is 4.33. The second-order valence-corrected chi connectivity index (χ2v) is 4.43. The van der Waals surface area contributed by atoms with Crippen molar-refractivity contribution in [1.82, 2.24) is 10.3 Å². The van der Waals surface area contributed by atoms with Gasteiger partial charge in [0.1, 0.15) is 5.52 Å². The highest BCUT2D eigenvalue weighted by Crippen LogP contribution is 2.30. The van der Waals surface area contributed by atoms with Crippen LogP contribution in [0.3, 0.4) is 0 Å². The summed E-state index contributed by atoms with van der Waals surface area (Å²) in [4.78, 5) is 0. The van der Waals surface area contributed by atoms with Crippen molar-refractivity contribution in [3.05, 3.63) is 35.4 Å². The van der Waals surface area contributed by atoms with Crippen molar-refractivity contribution in [3.63, 3.8) is 0 Å². The Morgan fingerprint density at radius 2 is 1.95 bits per heavy atom. The van der Waals surface area contributed by atoms with Crippen LogP contribution in [0.15, 0.2) is 35.0 Å². The second-order valence-electron chi connectivity index (χ2n) is 4.02. The van der Waals surface area contributed by atoms with Crippen LogP contribution in [0.25, 0.3) is 11.0 Å². The fraction of sp³-hybridized carbons (Fsp3) is 0. The minimum atomic E-state index is 0.465. The standard InChI is InChI=1S/C12H10ClN5O/c13-7-2-1-6(5-8(7)14)16-9-3-4-10-12(11(9)15)18-19-17-10/h1-5,16H,14-15H2. The van der Waals surface area contributed by atoms with Crippen molar-refractivity contribution in [2.75, 3.05) is 16.8 Å². The van der Waals surface area contributed by atoms with E-state index in [0.29, 0.717) is 33.1 Å². The summed E-state index contributed by atoms with van der Waals surface area (Å²) in [7, 11) is 0. The minimum absolute atomic E-state index is 0.465. The van der Waals surface area contributed by atoms with Crippen LogP contribution in [0, 0.1) is 0 Å². The number of nitrogens with one attached hydrogen (secondary N) is 1. The first-order valence-electron chi connectivity index (χ1n) is 5.48. The molecule has 0 saturated heterocycles. The Morgan fingerprint density at radius 3 is 2.74 bits per heavy atom. The molecule has 0 aliphatic rings. The molecule has 6 nitrogen and oxygen atoms in total. The fourth-order valence-electron chi connectivity index (χ4n) is 1.76. The van der Waals surface area contributed by atoms with E-state index in [1.807, 2.05) is 6.07 Å². The highest BCUT2D eigenvalue weighted by atomic mass is 35.5. The van der Waals surface area contributed by atoms with Crippen LogP contribution in [0.2, 0.25) is 5.02 Å². The summed E-state index contributed by atoms with van der Waals surface area (Å²) in [5.74, 6) is 0. The first-order valence-corrected chi connectivity index (χ1v) is 5.86. The summed E-state index contributed by atoms with van der Waals surface area (Å²) in [5.41, 5.74) is 15.3. The lowest BCUT2D eigenvalue weighted by atomic mass is 10.2. The van der Waals surface area contributed by atoms with Gasteiger partial charge in [0.2, 0.25) is 0 Å². The minimum Gasteiger partial charge on any atom is -0.397 e. The Kier molecular flexibility index (Phi) is 2.64. The number of halogens is 1. The number of rotatable bonds is 2. The van der Waals surface area contributed by atoms with Crippen molar-refractivity contribution < 1.29 is 4.63 Å². The van der Waals surface area contributed by atoms with E-state index in [1.165, 1.54) is 0 Å². The molecule has 3 rings (SSSR count). The zero-order valence-electron chi connectivity index (χ0n) is 9.72. The van der Waals surface area contributed by atoms with E-state index in [9.17, 15) is 0 Å². The average molecular weight is 276 g/mol. The number of hydrogen-bond acceptors (Lipinski definition) is 6. The van der Waals surface area contributed by atoms with Gasteiger partial charge in [0.15, 0.2) is 5.52 Å². The maximum Gasteiger partial charge on any atom is 0.160 e. The van der Waals surface area contributed by atoms with Crippen LogP contribution < -0.4 is 16.8 Å². The Bertz CT molecular complexity index is 755. The molecule has 2 aromatic carbocycles. The molecule has 19 heavy (non-hydrogen) atoms. The van der Waals surface area contributed by atoms with Crippen molar-refractivity contribution in [1.29, 1.82) is 0 Å². The van der Waals surface area contributed by atoms with Gasteiger partial charge in [0.25, 0.3) is 0 Å². The summed E-state index contributed by atoms with van der Waals surface area (Å²) in [6.45, 7) is 0. The number of nitrogens with two attached hydrogens (primary N) is 2. The highest BCUT2D eigenvalue weighted by molar-refractivity contribution is 6.33. The zero-order valence-corrected chi connectivity index (χ0v) is 10.5.